The highest BCUT2D eigenvalue weighted by molar-refractivity contribution is 6.30. The zero-order valence-corrected chi connectivity index (χ0v) is 9.55. The molecule has 16 heavy (non-hydrogen) atoms. The molecule has 1 rings (SSSR count). The van der Waals surface area contributed by atoms with Gasteiger partial charge in [0.05, 0.1) is 5.56 Å². The molecule has 0 aliphatic rings. The lowest BCUT2D eigenvalue weighted by molar-refractivity contribution is -0.137. The Bertz CT molecular complexity index is 427. The molecule has 0 saturated carbocycles. The monoisotopic (exact) mass is 266 g/mol. The van der Waals surface area contributed by atoms with Crippen molar-refractivity contribution in [1.29, 1.82) is 0 Å². The van der Waals surface area contributed by atoms with E-state index in [0.717, 1.165) is 6.07 Å². The molecule has 0 fully saturated rings. The fourth-order valence-corrected chi connectivity index (χ4v) is 1.33. The maximum Gasteiger partial charge on any atom is 0.417 e. The molecular weight excluding hydrogens is 260 g/mol. The summed E-state index contributed by atoms with van der Waals surface area (Å²) < 4.78 is 37.8. The average molecular weight is 267 g/mol. The number of hydrogen-bond donors (Lipinski definition) is 0. The van der Waals surface area contributed by atoms with Crippen molar-refractivity contribution in [2.75, 3.05) is 5.88 Å². The van der Waals surface area contributed by atoms with Crippen LogP contribution in [-0.4, -0.2) is 5.88 Å². The molecule has 0 nitrogen and oxygen atoms in total. The molecular formula is C11H7Cl2F3. The summed E-state index contributed by atoms with van der Waals surface area (Å²) in [6.45, 7) is 0. The highest BCUT2D eigenvalue weighted by Gasteiger charge is 2.33. The van der Waals surface area contributed by atoms with Gasteiger partial charge in [0, 0.05) is 22.9 Å². The molecule has 0 aliphatic carbocycles. The number of halogens is 5. The Morgan fingerprint density at radius 2 is 1.94 bits per heavy atom. The summed E-state index contributed by atoms with van der Waals surface area (Å²) in [5.74, 6) is 5.29. The van der Waals surface area contributed by atoms with Gasteiger partial charge in [-0.05, 0) is 18.2 Å². The predicted molar refractivity (Wildman–Crippen MR) is 58.7 cm³/mol. The predicted octanol–water partition coefficient (Wildman–Crippen LogP) is 4.34. The quantitative estimate of drug-likeness (QED) is 0.524. The van der Waals surface area contributed by atoms with E-state index in [1.165, 1.54) is 12.1 Å². The maximum absolute atomic E-state index is 12.6. The van der Waals surface area contributed by atoms with Gasteiger partial charge in [0.2, 0.25) is 0 Å². The summed E-state index contributed by atoms with van der Waals surface area (Å²) in [4.78, 5) is 0. The van der Waals surface area contributed by atoms with Crippen molar-refractivity contribution in [3.63, 3.8) is 0 Å². The first-order chi connectivity index (χ1) is 7.45. The minimum absolute atomic E-state index is 0.0372. The van der Waals surface area contributed by atoms with Crippen molar-refractivity contribution >= 4 is 23.2 Å². The molecule has 0 unspecified atom stereocenters. The molecule has 0 N–H and O–H groups in total. The molecule has 0 heterocycles. The summed E-state index contributed by atoms with van der Waals surface area (Å²) in [5.41, 5.74) is -0.899. The molecule has 0 saturated heterocycles. The van der Waals surface area contributed by atoms with E-state index < -0.39 is 11.7 Å². The molecule has 0 radical (unpaired) electrons. The van der Waals surface area contributed by atoms with Crippen LogP contribution in [0.25, 0.3) is 0 Å². The second-order valence-electron chi connectivity index (χ2n) is 2.93. The molecule has 1 aromatic carbocycles. The van der Waals surface area contributed by atoms with Crippen molar-refractivity contribution < 1.29 is 13.2 Å². The molecule has 86 valence electrons. The lowest BCUT2D eigenvalue weighted by Gasteiger charge is -2.09. The summed E-state index contributed by atoms with van der Waals surface area (Å²) in [7, 11) is 0. The molecule has 5 heteroatoms. The van der Waals surface area contributed by atoms with Gasteiger partial charge in [-0.3, -0.25) is 0 Å². The van der Waals surface area contributed by atoms with Crippen LogP contribution in [0.4, 0.5) is 13.2 Å². The van der Waals surface area contributed by atoms with Crippen molar-refractivity contribution in [2.45, 2.75) is 12.6 Å². The van der Waals surface area contributed by atoms with Gasteiger partial charge < -0.3 is 0 Å². The van der Waals surface area contributed by atoms with E-state index in [4.69, 9.17) is 23.2 Å². The fraction of sp³-hybridized carbons (Fsp3) is 0.273. The molecule has 0 aliphatic heterocycles. The number of benzene rings is 1. The molecule has 0 aromatic heterocycles. The summed E-state index contributed by atoms with van der Waals surface area (Å²) >= 11 is 10.9. The van der Waals surface area contributed by atoms with E-state index in [1.54, 1.807) is 0 Å². The highest BCUT2D eigenvalue weighted by Crippen LogP contribution is 2.33. The van der Waals surface area contributed by atoms with E-state index in [0.29, 0.717) is 12.3 Å². The van der Waals surface area contributed by atoms with Crippen LogP contribution >= 0.6 is 23.2 Å². The first kappa shape index (κ1) is 13.2. The second kappa shape index (κ2) is 5.47. The van der Waals surface area contributed by atoms with Gasteiger partial charge >= 0.3 is 6.18 Å². The van der Waals surface area contributed by atoms with Crippen LogP contribution in [0.5, 0.6) is 0 Å². The third-order valence-corrected chi connectivity index (χ3v) is 2.15. The van der Waals surface area contributed by atoms with Crippen molar-refractivity contribution in [2.24, 2.45) is 0 Å². The van der Waals surface area contributed by atoms with Crippen LogP contribution in [0, 0.1) is 11.8 Å². The summed E-state index contributed by atoms with van der Waals surface area (Å²) in [6.07, 6.45) is -4.10. The molecule has 0 amide bonds. The number of hydrogen-bond acceptors (Lipinski definition) is 0. The van der Waals surface area contributed by atoms with Crippen LogP contribution in [0.1, 0.15) is 17.5 Å². The van der Waals surface area contributed by atoms with Crippen molar-refractivity contribution in [3.8, 4) is 11.8 Å². The lowest BCUT2D eigenvalue weighted by atomic mass is 10.1. The van der Waals surface area contributed by atoms with E-state index in [2.05, 4.69) is 11.8 Å². The van der Waals surface area contributed by atoms with E-state index in [1.807, 2.05) is 0 Å². The van der Waals surface area contributed by atoms with Crippen molar-refractivity contribution in [3.05, 3.63) is 34.3 Å². The smallest absolute Gasteiger partial charge is 0.166 e. The molecule has 0 spiro atoms. The number of alkyl halides is 4. The van der Waals surface area contributed by atoms with Crippen LogP contribution in [0.3, 0.4) is 0 Å². The van der Waals surface area contributed by atoms with Crippen LogP contribution in [0.15, 0.2) is 18.2 Å². The van der Waals surface area contributed by atoms with Gasteiger partial charge in [-0.25, -0.2) is 0 Å². The number of rotatable bonds is 1. The van der Waals surface area contributed by atoms with Crippen LogP contribution < -0.4 is 0 Å². The minimum atomic E-state index is -4.45. The normalized spacial score (nSPS) is 10.8. The van der Waals surface area contributed by atoms with Crippen molar-refractivity contribution in [1.82, 2.24) is 0 Å². The Morgan fingerprint density at radius 1 is 1.25 bits per heavy atom. The van der Waals surface area contributed by atoms with Gasteiger partial charge in [-0.1, -0.05) is 23.4 Å². The Hall–Kier alpha value is -0.850. The fourth-order valence-electron chi connectivity index (χ4n) is 1.06. The Morgan fingerprint density at radius 3 is 2.50 bits per heavy atom. The van der Waals surface area contributed by atoms with Gasteiger partial charge in [0.15, 0.2) is 0 Å². The third-order valence-electron chi connectivity index (χ3n) is 1.73. The molecule has 0 atom stereocenters. The SMILES string of the molecule is FC(F)(F)c1cc(Cl)ccc1C#CCCCl. The zero-order chi connectivity index (χ0) is 12.2. The summed E-state index contributed by atoms with van der Waals surface area (Å²) in [5, 5.41) is 0.0372. The Labute approximate surface area is 101 Å². The molecule has 1 aromatic rings. The lowest BCUT2D eigenvalue weighted by Crippen LogP contribution is -2.07. The topological polar surface area (TPSA) is 0 Å². The molecule has 0 bridgehead atoms. The largest absolute Gasteiger partial charge is 0.417 e. The first-order valence-corrected chi connectivity index (χ1v) is 5.28. The maximum atomic E-state index is 12.6. The van der Waals surface area contributed by atoms with Gasteiger partial charge in [-0.2, -0.15) is 13.2 Å². The van der Waals surface area contributed by atoms with E-state index in [9.17, 15) is 13.2 Å². The highest BCUT2D eigenvalue weighted by atomic mass is 35.5. The van der Waals surface area contributed by atoms with E-state index >= 15 is 0 Å². The van der Waals surface area contributed by atoms with Crippen LogP contribution in [0.2, 0.25) is 5.02 Å². The Balaban J connectivity index is 3.15. The average Bonchev–Trinajstić information content (AvgIpc) is 2.19. The van der Waals surface area contributed by atoms with Gasteiger partial charge in [-0.15, -0.1) is 11.6 Å². The zero-order valence-electron chi connectivity index (χ0n) is 8.04. The third kappa shape index (κ3) is 3.62. The standard InChI is InChI=1S/C11H7Cl2F3/c12-6-2-1-3-8-4-5-9(13)7-10(8)11(14,15)16/h4-5,7H,2,6H2. The minimum Gasteiger partial charge on any atom is -0.166 e. The first-order valence-electron chi connectivity index (χ1n) is 4.36. The van der Waals surface area contributed by atoms with E-state index in [-0.39, 0.29) is 10.6 Å². The Kier molecular flexibility index (Phi) is 4.52. The second-order valence-corrected chi connectivity index (χ2v) is 3.74. The van der Waals surface area contributed by atoms with Gasteiger partial charge in [0.25, 0.3) is 0 Å². The van der Waals surface area contributed by atoms with Crippen LogP contribution in [-0.2, 0) is 6.18 Å². The van der Waals surface area contributed by atoms with Gasteiger partial charge in [0.1, 0.15) is 0 Å². The summed E-state index contributed by atoms with van der Waals surface area (Å²) in [6, 6.07) is 3.50.